The van der Waals surface area contributed by atoms with E-state index in [1.165, 1.54) is 37.9 Å². The van der Waals surface area contributed by atoms with Crippen molar-refractivity contribution in [2.75, 3.05) is 32.0 Å². The van der Waals surface area contributed by atoms with Crippen LogP contribution >= 0.6 is 0 Å². The van der Waals surface area contributed by atoms with E-state index in [-0.39, 0.29) is 6.61 Å². The summed E-state index contributed by atoms with van der Waals surface area (Å²) in [5.41, 5.74) is 7.83. The van der Waals surface area contributed by atoms with Gasteiger partial charge in [0, 0.05) is 35.4 Å². The van der Waals surface area contributed by atoms with Gasteiger partial charge in [-0.1, -0.05) is 30.7 Å². The van der Waals surface area contributed by atoms with E-state index in [9.17, 15) is 0 Å². The summed E-state index contributed by atoms with van der Waals surface area (Å²) >= 11 is 0. The first-order chi connectivity index (χ1) is 13.8. The third kappa shape index (κ3) is 5.94. The van der Waals surface area contributed by atoms with Gasteiger partial charge in [0.15, 0.2) is 0 Å². The van der Waals surface area contributed by atoms with Crippen molar-refractivity contribution in [1.82, 2.24) is 9.88 Å². The molecule has 2 heterocycles. The Labute approximate surface area is 166 Å². The zero-order valence-electron chi connectivity index (χ0n) is 16.3. The smallest absolute Gasteiger partial charge is 0.119 e. The van der Waals surface area contributed by atoms with E-state index < -0.39 is 0 Å². The molecule has 0 unspecified atom stereocenters. The number of hydrogen-bond donors (Lipinski definition) is 2. The van der Waals surface area contributed by atoms with Crippen molar-refractivity contribution in [3.05, 3.63) is 66.5 Å². The SMILES string of the molecule is Nc1cccc2cnccc12.OCCOc1cccc(CN2CCCCC2)c1. The topological polar surface area (TPSA) is 71.6 Å². The minimum absolute atomic E-state index is 0.0658. The zero-order chi connectivity index (χ0) is 19.6. The van der Waals surface area contributed by atoms with Crippen molar-refractivity contribution in [3.63, 3.8) is 0 Å². The molecule has 28 heavy (non-hydrogen) atoms. The minimum Gasteiger partial charge on any atom is -0.491 e. The molecule has 0 spiro atoms. The van der Waals surface area contributed by atoms with Gasteiger partial charge in [-0.2, -0.15) is 0 Å². The van der Waals surface area contributed by atoms with E-state index in [4.69, 9.17) is 15.6 Å². The number of nitrogens with zero attached hydrogens (tertiary/aromatic N) is 2. The number of benzene rings is 2. The van der Waals surface area contributed by atoms with Crippen molar-refractivity contribution < 1.29 is 9.84 Å². The number of rotatable bonds is 5. The number of ether oxygens (including phenoxy) is 1. The number of anilines is 1. The number of piperidine rings is 1. The average molecular weight is 380 g/mol. The second-order valence-corrected chi connectivity index (χ2v) is 7.00. The number of nitrogens with two attached hydrogens (primary N) is 1. The first kappa shape index (κ1) is 20.1. The lowest BCUT2D eigenvalue weighted by Gasteiger charge is -2.26. The Balaban J connectivity index is 0.000000176. The van der Waals surface area contributed by atoms with Gasteiger partial charge in [0.05, 0.1) is 6.61 Å². The fraction of sp³-hybridized carbons (Fsp3) is 0.348. The van der Waals surface area contributed by atoms with Gasteiger partial charge in [-0.3, -0.25) is 9.88 Å². The first-order valence-corrected chi connectivity index (χ1v) is 9.89. The van der Waals surface area contributed by atoms with Crippen LogP contribution in [0.1, 0.15) is 24.8 Å². The third-order valence-electron chi connectivity index (χ3n) is 4.83. The monoisotopic (exact) mass is 379 g/mol. The molecule has 4 rings (SSSR count). The zero-order valence-corrected chi connectivity index (χ0v) is 16.3. The van der Waals surface area contributed by atoms with Gasteiger partial charge in [0.25, 0.3) is 0 Å². The Kier molecular flexibility index (Phi) is 7.64. The molecular weight excluding hydrogens is 350 g/mol. The van der Waals surface area contributed by atoms with Gasteiger partial charge in [0.1, 0.15) is 12.4 Å². The van der Waals surface area contributed by atoms with E-state index in [2.05, 4.69) is 22.0 Å². The predicted octanol–water partition coefficient (Wildman–Crippen LogP) is 3.86. The number of aliphatic hydroxyl groups is 1. The van der Waals surface area contributed by atoms with Crippen LogP contribution in [0.15, 0.2) is 60.9 Å². The fourth-order valence-electron chi connectivity index (χ4n) is 3.42. The number of hydrogen-bond acceptors (Lipinski definition) is 5. The fourth-order valence-corrected chi connectivity index (χ4v) is 3.42. The standard InChI is InChI=1S/C14H21NO2.C9H8N2/c16-9-10-17-14-6-4-5-13(11-14)12-15-7-2-1-3-8-15;10-9-3-1-2-7-6-11-5-4-8(7)9/h4-6,11,16H,1-3,7-10,12H2;1-6H,10H2. The van der Waals surface area contributed by atoms with Crippen molar-refractivity contribution in [2.45, 2.75) is 25.8 Å². The molecule has 0 saturated carbocycles. The average Bonchev–Trinajstić information content (AvgIpc) is 2.74. The lowest BCUT2D eigenvalue weighted by atomic mass is 10.1. The summed E-state index contributed by atoms with van der Waals surface area (Å²) in [5.74, 6) is 0.855. The van der Waals surface area contributed by atoms with Gasteiger partial charge in [-0.25, -0.2) is 0 Å². The third-order valence-corrected chi connectivity index (χ3v) is 4.83. The van der Waals surface area contributed by atoms with Crippen LogP contribution in [0.5, 0.6) is 5.75 Å². The molecule has 0 atom stereocenters. The number of aliphatic hydroxyl groups excluding tert-OH is 1. The normalized spacial score (nSPS) is 14.3. The highest BCUT2D eigenvalue weighted by molar-refractivity contribution is 5.91. The van der Waals surface area contributed by atoms with Crippen LogP contribution in [-0.4, -0.2) is 41.3 Å². The molecule has 1 aliphatic heterocycles. The molecule has 0 radical (unpaired) electrons. The summed E-state index contributed by atoms with van der Waals surface area (Å²) in [5, 5.41) is 10.9. The Bertz CT molecular complexity index is 858. The Hall–Kier alpha value is -2.63. The molecule has 2 aromatic carbocycles. The summed E-state index contributed by atoms with van der Waals surface area (Å²) in [6.45, 7) is 3.86. The van der Waals surface area contributed by atoms with E-state index in [1.807, 2.05) is 42.6 Å². The van der Waals surface area contributed by atoms with Crippen LogP contribution in [0.2, 0.25) is 0 Å². The van der Waals surface area contributed by atoms with Gasteiger partial charge >= 0.3 is 0 Å². The molecule has 0 aliphatic carbocycles. The molecule has 0 amide bonds. The van der Waals surface area contributed by atoms with Crippen LogP contribution in [0.3, 0.4) is 0 Å². The lowest BCUT2D eigenvalue weighted by molar-refractivity contribution is 0.200. The van der Waals surface area contributed by atoms with Crippen LogP contribution < -0.4 is 10.5 Å². The highest BCUT2D eigenvalue weighted by Crippen LogP contribution is 2.19. The Morgan fingerprint density at radius 2 is 1.86 bits per heavy atom. The summed E-state index contributed by atoms with van der Waals surface area (Å²) in [7, 11) is 0. The lowest BCUT2D eigenvalue weighted by Crippen LogP contribution is -2.29. The molecule has 5 nitrogen and oxygen atoms in total. The van der Waals surface area contributed by atoms with Crippen molar-refractivity contribution in [1.29, 1.82) is 0 Å². The van der Waals surface area contributed by atoms with Gasteiger partial charge in [-0.15, -0.1) is 0 Å². The molecule has 1 aliphatic rings. The number of pyridine rings is 1. The highest BCUT2D eigenvalue weighted by Gasteiger charge is 2.10. The van der Waals surface area contributed by atoms with Gasteiger partial charge < -0.3 is 15.6 Å². The molecule has 1 saturated heterocycles. The largest absolute Gasteiger partial charge is 0.491 e. The minimum atomic E-state index is 0.0658. The van der Waals surface area contributed by atoms with E-state index in [0.717, 1.165) is 28.8 Å². The molecule has 0 bridgehead atoms. The number of likely N-dealkylation sites (tertiary alicyclic amines) is 1. The molecular formula is C23H29N3O2. The van der Waals surface area contributed by atoms with Gasteiger partial charge in [-0.05, 0) is 55.8 Å². The van der Waals surface area contributed by atoms with Crippen LogP contribution in [0.25, 0.3) is 10.8 Å². The molecule has 1 aromatic heterocycles. The summed E-state index contributed by atoms with van der Waals surface area (Å²) in [6.07, 6.45) is 7.57. The van der Waals surface area contributed by atoms with Crippen molar-refractivity contribution >= 4 is 16.5 Å². The molecule has 3 N–H and O–H groups in total. The highest BCUT2D eigenvalue weighted by atomic mass is 16.5. The van der Waals surface area contributed by atoms with Gasteiger partial charge in [0.2, 0.25) is 0 Å². The van der Waals surface area contributed by atoms with E-state index in [1.54, 1.807) is 6.20 Å². The Morgan fingerprint density at radius 1 is 1.04 bits per heavy atom. The van der Waals surface area contributed by atoms with Crippen molar-refractivity contribution in [2.24, 2.45) is 0 Å². The van der Waals surface area contributed by atoms with Crippen LogP contribution in [-0.2, 0) is 6.54 Å². The van der Waals surface area contributed by atoms with Crippen LogP contribution in [0.4, 0.5) is 5.69 Å². The summed E-state index contributed by atoms with van der Waals surface area (Å²) in [4.78, 5) is 6.49. The summed E-state index contributed by atoms with van der Waals surface area (Å²) in [6, 6.07) is 15.9. The van der Waals surface area contributed by atoms with E-state index in [0.29, 0.717) is 6.61 Å². The van der Waals surface area contributed by atoms with Crippen molar-refractivity contribution in [3.8, 4) is 5.75 Å². The molecule has 148 valence electrons. The van der Waals surface area contributed by atoms with Crippen LogP contribution in [0, 0.1) is 0 Å². The maximum Gasteiger partial charge on any atom is 0.119 e. The molecule has 1 fully saturated rings. The number of nitrogen functional groups attached to an aromatic ring is 1. The molecule has 5 heteroatoms. The quantitative estimate of drug-likeness (QED) is 0.659. The first-order valence-electron chi connectivity index (χ1n) is 9.89. The Morgan fingerprint density at radius 3 is 2.64 bits per heavy atom. The molecule has 3 aromatic rings. The second kappa shape index (κ2) is 10.6. The van der Waals surface area contributed by atoms with E-state index >= 15 is 0 Å². The number of aromatic nitrogens is 1. The maximum absolute atomic E-state index is 8.72. The summed E-state index contributed by atoms with van der Waals surface area (Å²) < 4.78 is 5.42. The predicted molar refractivity (Wildman–Crippen MR) is 114 cm³/mol. The second-order valence-electron chi connectivity index (χ2n) is 7.00. The number of fused-ring (bicyclic) bond motifs is 1. The maximum atomic E-state index is 8.72.